The van der Waals surface area contributed by atoms with E-state index in [9.17, 15) is 8.78 Å². The molecule has 0 aliphatic carbocycles. The highest BCUT2D eigenvalue weighted by Crippen LogP contribution is 2.24. The van der Waals surface area contributed by atoms with Gasteiger partial charge in [0.2, 0.25) is 0 Å². The lowest BCUT2D eigenvalue weighted by Gasteiger charge is -2.09. The minimum Gasteiger partial charge on any atom is -0.379 e. The second kappa shape index (κ2) is 5.77. The highest BCUT2D eigenvalue weighted by Gasteiger charge is 2.08. The largest absolute Gasteiger partial charge is 0.379 e. The highest BCUT2D eigenvalue weighted by atomic mass is 79.9. The lowest BCUT2D eigenvalue weighted by atomic mass is 10.1. The van der Waals surface area contributed by atoms with E-state index in [1.165, 1.54) is 0 Å². The Labute approximate surface area is 129 Å². The molecule has 2 aromatic carbocycles. The van der Waals surface area contributed by atoms with Gasteiger partial charge in [0.25, 0.3) is 0 Å². The summed E-state index contributed by atoms with van der Waals surface area (Å²) in [5.74, 6) is -0.989. The van der Waals surface area contributed by atoms with Gasteiger partial charge in [-0.3, -0.25) is 4.98 Å². The van der Waals surface area contributed by atoms with Gasteiger partial charge in [0, 0.05) is 30.4 Å². The Morgan fingerprint density at radius 3 is 2.71 bits per heavy atom. The van der Waals surface area contributed by atoms with Gasteiger partial charge in [-0.05, 0) is 45.1 Å². The summed E-state index contributed by atoms with van der Waals surface area (Å²) in [6.07, 6.45) is 3.51. The van der Waals surface area contributed by atoms with E-state index < -0.39 is 11.6 Å². The van der Waals surface area contributed by atoms with Gasteiger partial charge in [-0.15, -0.1) is 0 Å². The Hall–Kier alpha value is -2.01. The van der Waals surface area contributed by atoms with Crippen molar-refractivity contribution >= 4 is 32.4 Å². The van der Waals surface area contributed by atoms with E-state index in [1.54, 1.807) is 12.4 Å². The first kappa shape index (κ1) is 13.9. The second-order valence-corrected chi connectivity index (χ2v) is 5.51. The van der Waals surface area contributed by atoms with Gasteiger partial charge < -0.3 is 5.32 Å². The molecule has 0 atom stereocenters. The molecule has 0 amide bonds. The Morgan fingerprint density at radius 1 is 1.00 bits per heavy atom. The smallest absolute Gasteiger partial charge is 0.147 e. The van der Waals surface area contributed by atoms with Crippen molar-refractivity contribution in [3.63, 3.8) is 0 Å². The molecule has 1 N–H and O–H groups in total. The summed E-state index contributed by atoms with van der Waals surface area (Å²) < 4.78 is 27.3. The Balaban J connectivity index is 1.81. The van der Waals surface area contributed by atoms with E-state index in [4.69, 9.17) is 0 Å². The molecule has 0 saturated heterocycles. The van der Waals surface area contributed by atoms with Gasteiger partial charge in [0.05, 0.1) is 10.2 Å². The summed E-state index contributed by atoms with van der Waals surface area (Å²) in [5.41, 5.74) is 1.13. The average Bonchev–Trinajstić information content (AvgIpc) is 2.49. The molecule has 1 aromatic heterocycles. The molecule has 5 heteroatoms. The van der Waals surface area contributed by atoms with Crippen LogP contribution in [0, 0.1) is 11.6 Å². The Morgan fingerprint density at radius 2 is 1.86 bits per heavy atom. The molecule has 3 rings (SSSR count). The number of nitrogens with zero attached hydrogens (tertiary/aromatic N) is 1. The zero-order valence-electron chi connectivity index (χ0n) is 10.9. The SMILES string of the molecule is Fc1cc(NCc2ccc3cnccc3c2)c(F)cc1Br. The first-order valence-corrected chi connectivity index (χ1v) is 7.14. The van der Waals surface area contributed by atoms with Crippen LogP contribution in [-0.4, -0.2) is 4.98 Å². The molecule has 0 saturated carbocycles. The highest BCUT2D eigenvalue weighted by molar-refractivity contribution is 9.10. The fourth-order valence-corrected chi connectivity index (χ4v) is 2.41. The Bertz CT molecular complexity index is 805. The molecule has 0 unspecified atom stereocenters. The van der Waals surface area contributed by atoms with E-state index in [1.807, 2.05) is 24.3 Å². The third-order valence-corrected chi connectivity index (χ3v) is 3.81. The normalized spacial score (nSPS) is 10.8. The van der Waals surface area contributed by atoms with Crippen LogP contribution in [0.3, 0.4) is 0 Å². The number of nitrogens with one attached hydrogen (secondary N) is 1. The number of halogens is 3. The van der Waals surface area contributed by atoms with Crippen molar-refractivity contribution in [1.82, 2.24) is 4.98 Å². The van der Waals surface area contributed by atoms with Crippen molar-refractivity contribution in [2.45, 2.75) is 6.54 Å². The van der Waals surface area contributed by atoms with E-state index in [2.05, 4.69) is 26.2 Å². The van der Waals surface area contributed by atoms with Crippen LogP contribution in [-0.2, 0) is 6.54 Å². The van der Waals surface area contributed by atoms with Crippen molar-refractivity contribution in [1.29, 1.82) is 0 Å². The van der Waals surface area contributed by atoms with E-state index in [0.717, 1.165) is 28.5 Å². The summed E-state index contributed by atoms with van der Waals surface area (Å²) in [6.45, 7) is 0.413. The van der Waals surface area contributed by atoms with Gasteiger partial charge in [-0.2, -0.15) is 0 Å². The van der Waals surface area contributed by atoms with E-state index in [0.29, 0.717) is 6.54 Å². The lowest BCUT2D eigenvalue weighted by molar-refractivity contribution is 0.596. The van der Waals surface area contributed by atoms with Gasteiger partial charge in [0.1, 0.15) is 11.6 Å². The zero-order valence-corrected chi connectivity index (χ0v) is 12.5. The maximum absolute atomic E-state index is 13.7. The third-order valence-electron chi connectivity index (χ3n) is 3.20. The standard InChI is InChI=1S/C16H11BrF2N2/c17-13-6-15(19)16(7-14(13)18)21-8-10-1-2-12-9-20-4-3-11(12)5-10/h1-7,9,21H,8H2. The van der Waals surface area contributed by atoms with Crippen LogP contribution in [0.1, 0.15) is 5.56 Å². The van der Waals surface area contributed by atoms with Crippen LogP contribution in [0.5, 0.6) is 0 Å². The lowest BCUT2D eigenvalue weighted by Crippen LogP contribution is -2.02. The third kappa shape index (κ3) is 3.03. The number of anilines is 1. The molecule has 1 heterocycles. The van der Waals surface area contributed by atoms with Gasteiger partial charge in [-0.25, -0.2) is 8.78 Å². The summed E-state index contributed by atoms with van der Waals surface area (Å²) in [6, 6.07) is 10.1. The summed E-state index contributed by atoms with van der Waals surface area (Å²) in [7, 11) is 0. The zero-order chi connectivity index (χ0) is 14.8. The first-order valence-electron chi connectivity index (χ1n) is 6.34. The number of hydrogen-bond acceptors (Lipinski definition) is 2. The molecular weight excluding hydrogens is 338 g/mol. The fraction of sp³-hybridized carbons (Fsp3) is 0.0625. The molecule has 2 nitrogen and oxygen atoms in total. The van der Waals surface area contributed by atoms with Crippen molar-refractivity contribution in [2.24, 2.45) is 0 Å². The summed E-state index contributed by atoms with van der Waals surface area (Å²) in [5, 5.41) is 5.02. The molecule has 106 valence electrons. The first-order chi connectivity index (χ1) is 10.1. The van der Waals surface area contributed by atoms with Crippen LogP contribution < -0.4 is 5.32 Å². The maximum atomic E-state index is 13.7. The monoisotopic (exact) mass is 348 g/mol. The van der Waals surface area contributed by atoms with Crippen LogP contribution in [0.15, 0.2) is 53.3 Å². The molecule has 0 fully saturated rings. The molecule has 3 aromatic rings. The topological polar surface area (TPSA) is 24.9 Å². The van der Waals surface area contributed by atoms with Crippen molar-refractivity contribution in [2.75, 3.05) is 5.32 Å². The van der Waals surface area contributed by atoms with Gasteiger partial charge in [0.15, 0.2) is 0 Å². The molecule has 0 aliphatic rings. The number of pyridine rings is 1. The molecule has 0 spiro atoms. The van der Waals surface area contributed by atoms with E-state index in [-0.39, 0.29) is 10.2 Å². The van der Waals surface area contributed by atoms with Crippen LogP contribution in [0.4, 0.5) is 14.5 Å². The van der Waals surface area contributed by atoms with Crippen molar-refractivity contribution in [3.05, 3.63) is 70.5 Å². The van der Waals surface area contributed by atoms with Crippen molar-refractivity contribution in [3.8, 4) is 0 Å². The maximum Gasteiger partial charge on any atom is 0.147 e. The number of aromatic nitrogens is 1. The number of benzene rings is 2. The van der Waals surface area contributed by atoms with E-state index >= 15 is 0 Å². The van der Waals surface area contributed by atoms with Crippen LogP contribution in [0.25, 0.3) is 10.8 Å². The quantitative estimate of drug-likeness (QED) is 0.681. The predicted molar refractivity (Wildman–Crippen MR) is 83.1 cm³/mol. The molecule has 0 aliphatic heterocycles. The second-order valence-electron chi connectivity index (χ2n) is 4.66. The summed E-state index contributed by atoms with van der Waals surface area (Å²) >= 11 is 2.95. The average molecular weight is 349 g/mol. The Kier molecular flexibility index (Phi) is 3.84. The van der Waals surface area contributed by atoms with Gasteiger partial charge >= 0.3 is 0 Å². The van der Waals surface area contributed by atoms with Crippen LogP contribution >= 0.6 is 15.9 Å². The number of rotatable bonds is 3. The molecule has 0 bridgehead atoms. The van der Waals surface area contributed by atoms with Crippen LogP contribution in [0.2, 0.25) is 0 Å². The molecular formula is C16H11BrF2N2. The minimum absolute atomic E-state index is 0.115. The van der Waals surface area contributed by atoms with Gasteiger partial charge in [-0.1, -0.05) is 12.1 Å². The summed E-state index contributed by atoms with van der Waals surface area (Å²) in [4.78, 5) is 4.05. The number of hydrogen-bond donors (Lipinski definition) is 1. The fourth-order valence-electron chi connectivity index (χ4n) is 2.10. The minimum atomic E-state index is -0.497. The van der Waals surface area contributed by atoms with Crippen molar-refractivity contribution < 1.29 is 8.78 Å². The molecule has 0 radical (unpaired) electrons. The molecule has 21 heavy (non-hydrogen) atoms. The predicted octanol–water partition coefficient (Wildman–Crippen LogP) is 4.89. The number of fused-ring (bicyclic) bond motifs is 1.